The van der Waals surface area contributed by atoms with Crippen molar-refractivity contribution >= 4 is 0 Å². The van der Waals surface area contributed by atoms with Crippen molar-refractivity contribution in [3.63, 3.8) is 0 Å². The van der Waals surface area contributed by atoms with Crippen LogP contribution in [0.4, 0.5) is 0 Å². The minimum atomic E-state index is -0.733. The number of rotatable bonds is 1. The van der Waals surface area contributed by atoms with Crippen molar-refractivity contribution in [1.82, 2.24) is 0 Å². The quantitative estimate of drug-likeness (QED) is 0.527. The van der Waals surface area contributed by atoms with Gasteiger partial charge in [-0.15, -0.1) is 0 Å². The largest absolute Gasteiger partial charge is 0.388 e. The molecule has 0 spiro atoms. The Balaban J connectivity index is 2.55. The van der Waals surface area contributed by atoms with Gasteiger partial charge in [0.2, 0.25) is 0 Å². The fraction of sp³-hybridized carbons (Fsp3) is 1.00. The molecule has 0 aliphatic carbocycles. The van der Waals surface area contributed by atoms with E-state index in [1.807, 2.05) is 0 Å². The molecule has 0 saturated carbocycles. The molecule has 4 atom stereocenters. The summed E-state index contributed by atoms with van der Waals surface area (Å²) in [5.41, 5.74) is 0. The second-order valence-electron chi connectivity index (χ2n) is 2.80. The third-order valence-electron chi connectivity index (χ3n) is 2.00. The molecule has 1 heterocycles. The molecule has 0 aromatic rings. The molecule has 0 radical (unpaired) electrons. The Bertz CT molecular complexity index is 128. The van der Waals surface area contributed by atoms with Crippen molar-refractivity contribution in [3.05, 3.63) is 0 Å². The van der Waals surface area contributed by atoms with Crippen molar-refractivity contribution in [2.45, 2.75) is 31.3 Å². The highest BCUT2D eigenvalue weighted by Crippen LogP contribution is 2.16. The standard InChI is InChI=1S/C7H14O4/c1-4-6(9)7(10-2)5(8)3-11-4/h4-9H,3H2,1-2H3/t4?,5-,6?,7?/m1/s1. The fourth-order valence-corrected chi connectivity index (χ4v) is 1.24. The van der Waals surface area contributed by atoms with Gasteiger partial charge in [-0.2, -0.15) is 0 Å². The molecule has 0 aromatic carbocycles. The molecule has 0 bridgehead atoms. The molecule has 11 heavy (non-hydrogen) atoms. The van der Waals surface area contributed by atoms with Gasteiger partial charge >= 0.3 is 0 Å². The first-order chi connectivity index (χ1) is 5.16. The van der Waals surface area contributed by atoms with Crippen molar-refractivity contribution in [1.29, 1.82) is 0 Å². The Morgan fingerprint density at radius 3 is 2.55 bits per heavy atom. The summed E-state index contributed by atoms with van der Waals surface area (Å²) < 4.78 is 9.96. The number of aliphatic hydroxyl groups excluding tert-OH is 2. The summed E-state index contributed by atoms with van der Waals surface area (Å²) in [5.74, 6) is 0. The topological polar surface area (TPSA) is 58.9 Å². The number of ether oxygens (including phenoxy) is 2. The van der Waals surface area contributed by atoms with Gasteiger partial charge in [0.25, 0.3) is 0 Å². The van der Waals surface area contributed by atoms with Crippen LogP contribution < -0.4 is 0 Å². The van der Waals surface area contributed by atoms with Crippen LogP contribution in [0, 0.1) is 0 Å². The number of methoxy groups -OCH3 is 1. The number of hydrogen-bond acceptors (Lipinski definition) is 4. The van der Waals surface area contributed by atoms with E-state index in [4.69, 9.17) is 9.47 Å². The summed E-state index contributed by atoms with van der Waals surface area (Å²) in [4.78, 5) is 0. The first-order valence-electron chi connectivity index (χ1n) is 3.67. The minimum absolute atomic E-state index is 0.233. The number of aliphatic hydroxyl groups is 2. The van der Waals surface area contributed by atoms with Crippen LogP contribution in [0.2, 0.25) is 0 Å². The highest BCUT2D eigenvalue weighted by Gasteiger charge is 2.36. The maximum Gasteiger partial charge on any atom is 0.114 e. The lowest BCUT2D eigenvalue weighted by Gasteiger charge is -2.35. The van der Waals surface area contributed by atoms with E-state index in [1.54, 1.807) is 6.92 Å². The zero-order valence-electron chi connectivity index (χ0n) is 6.73. The Hall–Kier alpha value is -0.160. The van der Waals surface area contributed by atoms with E-state index in [0.717, 1.165) is 0 Å². The van der Waals surface area contributed by atoms with Crippen molar-refractivity contribution in [2.24, 2.45) is 0 Å². The van der Waals surface area contributed by atoms with Gasteiger partial charge in [0, 0.05) is 7.11 Å². The first-order valence-corrected chi connectivity index (χ1v) is 3.67. The summed E-state index contributed by atoms with van der Waals surface area (Å²) >= 11 is 0. The summed E-state index contributed by atoms with van der Waals surface area (Å²) in [6.45, 7) is 1.99. The molecule has 1 saturated heterocycles. The van der Waals surface area contributed by atoms with E-state index >= 15 is 0 Å². The molecular weight excluding hydrogens is 148 g/mol. The van der Waals surface area contributed by atoms with Crippen LogP contribution in [0.15, 0.2) is 0 Å². The van der Waals surface area contributed by atoms with Crippen LogP contribution in [0.3, 0.4) is 0 Å². The number of hydrogen-bond donors (Lipinski definition) is 2. The van der Waals surface area contributed by atoms with Gasteiger partial charge in [-0.1, -0.05) is 0 Å². The molecule has 1 aliphatic heterocycles. The van der Waals surface area contributed by atoms with Crippen molar-refractivity contribution in [2.75, 3.05) is 13.7 Å². The van der Waals surface area contributed by atoms with Crippen LogP contribution in [-0.2, 0) is 9.47 Å². The maximum atomic E-state index is 9.40. The van der Waals surface area contributed by atoms with Gasteiger partial charge < -0.3 is 19.7 Å². The molecular formula is C7H14O4. The Kier molecular flexibility index (Phi) is 2.84. The lowest BCUT2D eigenvalue weighted by Crippen LogP contribution is -2.52. The summed E-state index contributed by atoms with van der Waals surface area (Å²) in [7, 11) is 1.47. The SMILES string of the molecule is COC1C(O)C(C)OC[C@H]1O. The van der Waals surface area contributed by atoms with Crippen LogP contribution >= 0.6 is 0 Å². The van der Waals surface area contributed by atoms with Crippen LogP contribution in [0.25, 0.3) is 0 Å². The van der Waals surface area contributed by atoms with E-state index in [9.17, 15) is 10.2 Å². The van der Waals surface area contributed by atoms with Gasteiger partial charge in [-0.05, 0) is 6.92 Å². The molecule has 1 fully saturated rings. The average molecular weight is 162 g/mol. The Morgan fingerprint density at radius 2 is 2.09 bits per heavy atom. The van der Waals surface area contributed by atoms with Crippen LogP contribution in [-0.4, -0.2) is 48.3 Å². The molecule has 4 heteroatoms. The predicted molar refractivity (Wildman–Crippen MR) is 38.2 cm³/mol. The monoisotopic (exact) mass is 162 g/mol. The van der Waals surface area contributed by atoms with Gasteiger partial charge in [-0.25, -0.2) is 0 Å². The maximum absolute atomic E-state index is 9.40. The first kappa shape index (κ1) is 8.93. The van der Waals surface area contributed by atoms with Gasteiger partial charge in [-0.3, -0.25) is 0 Å². The average Bonchev–Trinajstić information content (AvgIpc) is 1.99. The third kappa shape index (κ3) is 1.70. The molecule has 0 amide bonds. The van der Waals surface area contributed by atoms with E-state index in [2.05, 4.69) is 0 Å². The lowest BCUT2D eigenvalue weighted by atomic mass is 10.0. The molecule has 4 nitrogen and oxygen atoms in total. The van der Waals surface area contributed by atoms with Gasteiger partial charge in [0.15, 0.2) is 0 Å². The molecule has 2 N–H and O–H groups in total. The van der Waals surface area contributed by atoms with E-state index in [-0.39, 0.29) is 12.7 Å². The van der Waals surface area contributed by atoms with Crippen molar-refractivity contribution in [3.8, 4) is 0 Å². The van der Waals surface area contributed by atoms with Crippen molar-refractivity contribution < 1.29 is 19.7 Å². The second-order valence-corrected chi connectivity index (χ2v) is 2.80. The predicted octanol–water partition coefficient (Wildman–Crippen LogP) is -0.858. The molecule has 1 aliphatic rings. The lowest BCUT2D eigenvalue weighted by molar-refractivity contribution is -0.190. The second kappa shape index (κ2) is 3.49. The smallest absolute Gasteiger partial charge is 0.114 e. The van der Waals surface area contributed by atoms with Gasteiger partial charge in [0.05, 0.1) is 12.7 Å². The van der Waals surface area contributed by atoms with Gasteiger partial charge in [0.1, 0.15) is 18.3 Å². The molecule has 66 valence electrons. The zero-order chi connectivity index (χ0) is 8.43. The Morgan fingerprint density at radius 1 is 1.45 bits per heavy atom. The van der Waals surface area contributed by atoms with E-state index < -0.39 is 18.3 Å². The fourth-order valence-electron chi connectivity index (χ4n) is 1.24. The Labute approximate surface area is 65.7 Å². The van der Waals surface area contributed by atoms with E-state index in [1.165, 1.54) is 7.11 Å². The molecule has 1 rings (SSSR count). The normalized spacial score (nSPS) is 45.8. The third-order valence-corrected chi connectivity index (χ3v) is 2.00. The summed E-state index contributed by atoms with van der Waals surface area (Å²) in [6.07, 6.45) is -2.22. The summed E-state index contributed by atoms with van der Waals surface area (Å²) in [6, 6.07) is 0. The van der Waals surface area contributed by atoms with E-state index in [0.29, 0.717) is 0 Å². The van der Waals surface area contributed by atoms with Crippen LogP contribution in [0.1, 0.15) is 6.92 Å². The zero-order valence-corrected chi connectivity index (χ0v) is 6.73. The minimum Gasteiger partial charge on any atom is -0.388 e. The van der Waals surface area contributed by atoms with Crippen LogP contribution in [0.5, 0.6) is 0 Å². The highest BCUT2D eigenvalue weighted by molar-refractivity contribution is 4.85. The summed E-state index contributed by atoms with van der Waals surface area (Å²) in [5, 5.41) is 18.6. The molecule has 3 unspecified atom stereocenters. The highest BCUT2D eigenvalue weighted by atomic mass is 16.5. The molecule has 0 aromatic heterocycles.